The van der Waals surface area contributed by atoms with Crippen LogP contribution in [0.25, 0.3) is 0 Å². The van der Waals surface area contributed by atoms with Gasteiger partial charge in [-0.05, 0) is 37.0 Å². The van der Waals surface area contributed by atoms with Gasteiger partial charge in [-0.25, -0.2) is 0 Å². The fourth-order valence-corrected chi connectivity index (χ4v) is 2.17. The maximum atomic E-state index is 6.27. The Morgan fingerprint density at radius 1 is 1.31 bits per heavy atom. The van der Waals surface area contributed by atoms with Crippen LogP contribution in [0.15, 0.2) is 24.5 Å². The lowest BCUT2D eigenvalue weighted by atomic mass is 9.85. The van der Waals surface area contributed by atoms with Crippen LogP contribution < -0.4 is 5.73 Å². The first-order valence-corrected chi connectivity index (χ1v) is 5.88. The highest BCUT2D eigenvalue weighted by Gasteiger charge is 2.33. The molecule has 3 heteroatoms. The van der Waals surface area contributed by atoms with Crippen molar-refractivity contribution in [3.05, 3.63) is 30.1 Å². The maximum absolute atomic E-state index is 6.27. The second-order valence-corrected chi connectivity index (χ2v) is 4.14. The number of pyridine rings is 1. The van der Waals surface area contributed by atoms with E-state index in [4.69, 9.17) is 10.5 Å². The molecule has 1 heterocycles. The highest BCUT2D eigenvalue weighted by molar-refractivity contribution is 5.13. The van der Waals surface area contributed by atoms with Gasteiger partial charge in [-0.3, -0.25) is 4.98 Å². The summed E-state index contributed by atoms with van der Waals surface area (Å²) in [4.78, 5) is 4.00. The van der Waals surface area contributed by atoms with Crippen LogP contribution in [0.3, 0.4) is 0 Å². The molecule has 1 rings (SSSR count). The highest BCUT2D eigenvalue weighted by atomic mass is 16.5. The summed E-state index contributed by atoms with van der Waals surface area (Å²) in [5, 5.41) is 0. The Hall–Kier alpha value is -0.930. The Bertz CT molecular complexity index is 288. The molecule has 0 spiro atoms. The predicted octanol–water partition coefficient (Wildman–Crippen LogP) is 2.16. The summed E-state index contributed by atoms with van der Waals surface area (Å²) in [6.45, 7) is 4.25. The van der Waals surface area contributed by atoms with Crippen molar-refractivity contribution in [2.75, 3.05) is 7.11 Å². The lowest BCUT2D eigenvalue weighted by molar-refractivity contribution is -0.0374. The molecule has 1 atom stereocenters. The first kappa shape index (κ1) is 13.1. The second-order valence-electron chi connectivity index (χ2n) is 4.14. The van der Waals surface area contributed by atoms with Gasteiger partial charge >= 0.3 is 0 Å². The number of ether oxygens (including phenoxy) is 1. The molecule has 0 aliphatic heterocycles. The molecule has 0 aromatic carbocycles. The standard InChI is InChI=1S/C13H22N2O/c1-4-13(5-2,16-3)12(14)10-11-6-8-15-9-7-11/h6-9,12H,4-5,10,14H2,1-3H3. The normalized spacial score (nSPS) is 13.8. The van der Waals surface area contributed by atoms with Gasteiger partial charge in [0.25, 0.3) is 0 Å². The van der Waals surface area contributed by atoms with Gasteiger partial charge in [0.05, 0.1) is 5.60 Å². The topological polar surface area (TPSA) is 48.1 Å². The van der Waals surface area contributed by atoms with Crippen molar-refractivity contribution in [2.45, 2.75) is 44.8 Å². The largest absolute Gasteiger partial charge is 0.377 e. The number of nitrogens with two attached hydrogens (primary N) is 1. The van der Waals surface area contributed by atoms with Crippen LogP contribution in [0.2, 0.25) is 0 Å². The molecule has 0 saturated heterocycles. The molecule has 0 saturated carbocycles. The minimum absolute atomic E-state index is 0.0231. The van der Waals surface area contributed by atoms with Crippen LogP contribution in [0, 0.1) is 0 Å². The third-order valence-corrected chi connectivity index (χ3v) is 3.48. The third kappa shape index (κ3) is 2.80. The average molecular weight is 222 g/mol. The van der Waals surface area contributed by atoms with Gasteiger partial charge in [0, 0.05) is 25.5 Å². The number of aromatic nitrogens is 1. The van der Waals surface area contributed by atoms with Gasteiger partial charge in [0.1, 0.15) is 0 Å². The van der Waals surface area contributed by atoms with Crippen LogP contribution >= 0.6 is 0 Å². The van der Waals surface area contributed by atoms with Crippen molar-refractivity contribution in [2.24, 2.45) is 5.73 Å². The molecule has 0 bridgehead atoms. The van der Waals surface area contributed by atoms with E-state index in [1.54, 1.807) is 19.5 Å². The Morgan fingerprint density at radius 2 is 1.88 bits per heavy atom. The number of nitrogens with zero attached hydrogens (tertiary/aromatic N) is 1. The van der Waals surface area contributed by atoms with E-state index in [1.165, 1.54) is 5.56 Å². The summed E-state index contributed by atoms with van der Waals surface area (Å²) in [5.41, 5.74) is 7.28. The molecule has 16 heavy (non-hydrogen) atoms. The minimum Gasteiger partial charge on any atom is -0.377 e. The SMILES string of the molecule is CCC(CC)(OC)C(N)Cc1ccncc1. The van der Waals surface area contributed by atoms with Crippen molar-refractivity contribution < 1.29 is 4.74 Å². The lowest BCUT2D eigenvalue weighted by Crippen LogP contribution is -2.50. The number of hydrogen-bond donors (Lipinski definition) is 1. The van der Waals surface area contributed by atoms with Gasteiger partial charge in [0.2, 0.25) is 0 Å². The summed E-state index contributed by atoms with van der Waals surface area (Å²) in [7, 11) is 1.75. The zero-order chi connectivity index (χ0) is 12.0. The molecule has 1 aromatic heterocycles. The molecule has 0 aliphatic rings. The minimum atomic E-state index is -0.205. The quantitative estimate of drug-likeness (QED) is 0.802. The van der Waals surface area contributed by atoms with Crippen LogP contribution in [0.1, 0.15) is 32.3 Å². The fourth-order valence-electron chi connectivity index (χ4n) is 2.17. The van der Waals surface area contributed by atoms with E-state index in [9.17, 15) is 0 Å². The number of methoxy groups -OCH3 is 1. The molecule has 3 nitrogen and oxygen atoms in total. The van der Waals surface area contributed by atoms with E-state index in [0.717, 1.165) is 19.3 Å². The van der Waals surface area contributed by atoms with Crippen molar-refractivity contribution in [1.82, 2.24) is 4.98 Å². The smallest absolute Gasteiger partial charge is 0.0826 e. The zero-order valence-corrected chi connectivity index (χ0v) is 10.4. The number of hydrogen-bond acceptors (Lipinski definition) is 3. The molecule has 90 valence electrons. The van der Waals surface area contributed by atoms with Crippen molar-refractivity contribution in [1.29, 1.82) is 0 Å². The Labute approximate surface area is 98.0 Å². The molecular weight excluding hydrogens is 200 g/mol. The van der Waals surface area contributed by atoms with Gasteiger partial charge in [-0.1, -0.05) is 13.8 Å². The zero-order valence-electron chi connectivity index (χ0n) is 10.4. The fraction of sp³-hybridized carbons (Fsp3) is 0.615. The van der Waals surface area contributed by atoms with Crippen LogP contribution in [0.5, 0.6) is 0 Å². The molecule has 0 amide bonds. The molecule has 1 aromatic rings. The van der Waals surface area contributed by atoms with E-state index in [2.05, 4.69) is 18.8 Å². The highest BCUT2D eigenvalue weighted by Crippen LogP contribution is 2.25. The molecule has 0 aliphatic carbocycles. The van der Waals surface area contributed by atoms with Crippen LogP contribution in [-0.4, -0.2) is 23.7 Å². The molecule has 0 fully saturated rings. The van der Waals surface area contributed by atoms with Gasteiger partial charge in [-0.15, -0.1) is 0 Å². The van der Waals surface area contributed by atoms with E-state index >= 15 is 0 Å². The average Bonchev–Trinajstić information content (AvgIpc) is 2.33. The summed E-state index contributed by atoms with van der Waals surface area (Å²) in [6, 6.07) is 4.03. The van der Waals surface area contributed by atoms with E-state index in [0.29, 0.717) is 0 Å². The second kappa shape index (κ2) is 5.97. The van der Waals surface area contributed by atoms with Crippen molar-refractivity contribution in [3.8, 4) is 0 Å². The number of rotatable bonds is 6. The first-order valence-electron chi connectivity index (χ1n) is 5.88. The molecule has 1 unspecified atom stereocenters. The summed E-state index contributed by atoms with van der Waals surface area (Å²) >= 11 is 0. The molecule has 0 radical (unpaired) electrons. The Kier molecular flexibility index (Phi) is 4.90. The monoisotopic (exact) mass is 222 g/mol. The molecule has 2 N–H and O–H groups in total. The first-order chi connectivity index (χ1) is 7.68. The molecular formula is C13H22N2O. The van der Waals surface area contributed by atoms with Crippen LogP contribution in [-0.2, 0) is 11.2 Å². The van der Waals surface area contributed by atoms with E-state index < -0.39 is 0 Å². The Balaban J connectivity index is 2.73. The van der Waals surface area contributed by atoms with Gasteiger partial charge in [0.15, 0.2) is 0 Å². The van der Waals surface area contributed by atoms with Gasteiger partial charge in [-0.2, -0.15) is 0 Å². The summed E-state index contributed by atoms with van der Waals surface area (Å²) in [6.07, 6.45) is 6.30. The lowest BCUT2D eigenvalue weighted by Gasteiger charge is -2.36. The summed E-state index contributed by atoms with van der Waals surface area (Å²) < 4.78 is 5.63. The van der Waals surface area contributed by atoms with Crippen molar-refractivity contribution >= 4 is 0 Å². The van der Waals surface area contributed by atoms with E-state index in [1.807, 2.05) is 12.1 Å². The van der Waals surface area contributed by atoms with Gasteiger partial charge < -0.3 is 10.5 Å². The van der Waals surface area contributed by atoms with Crippen molar-refractivity contribution in [3.63, 3.8) is 0 Å². The predicted molar refractivity (Wildman–Crippen MR) is 66.2 cm³/mol. The maximum Gasteiger partial charge on any atom is 0.0826 e. The van der Waals surface area contributed by atoms with E-state index in [-0.39, 0.29) is 11.6 Å². The third-order valence-electron chi connectivity index (χ3n) is 3.48. The van der Waals surface area contributed by atoms with Crippen LogP contribution in [0.4, 0.5) is 0 Å². The summed E-state index contributed by atoms with van der Waals surface area (Å²) in [5.74, 6) is 0. The Morgan fingerprint density at radius 3 is 2.31 bits per heavy atom.